The number of nitrogens with one attached hydrogen (secondary N) is 4. The van der Waals surface area contributed by atoms with E-state index in [1.807, 2.05) is 13.8 Å². The minimum Gasteiger partial charge on any atom is -0.357 e. The average molecular weight is 404 g/mol. The number of hydrogen-bond acceptors (Lipinski definition) is 3. The highest BCUT2D eigenvalue weighted by Crippen LogP contribution is 2.18. The van der Waals surface area contributed by atoms with Crippen molar-refractivity contribution in [2.24, 2.45) is 0 Å². The van der Waals surface area contributed by atoms with Crippen LogP contribution in [0.15, 0.2) is 42.5 Å². The van der Waals surface area contributed by atoms with Gasteiger partial charge >= 0.3 is 6.03 Å². The third-order valence-corrected chi connectivity index (χ3v) is 3.89. The maximum absolute atomic E-state index is 13.5. The van der Waals surface area contributed by atoms with E-state index in [0.29, 0.717) is 5.69 Å². The van der Waals surface area contributed by atoms with Crippen LogP contribution in [0.2, 0.25) is 0 Å². The Hall–Kier alpha value is -3.49. The van der Waals surface area contributed by atoms with E-state index in [0.717, 1.165) is 12.1 Å². The van der Waals surface area contributed by atoms with Gasteiger partial charge in [-0.2, -0.15) is 0 Å². The summed E-state index contributed by atoms with van der Waals surface area (Å²) >= 11 is 0. The molecule has 0 aromatic heterocycles. The lowest BCUT2D eigenvalue weighted by Crippen LogP contribution is -2.39. The van der Waals surface area contributed by atoms with Crippen LogP contribution in [0.3, 0.4) is 0 Å². The molecule has 0 aliphatic rings. The zero-order valence-corrected chi connectivity index (χ0v) is 16.2. The number of likely N-dealkylation sites (N-methyl/N-ethyl adjacent to an activating group) is 1. The third kappa shape index (κ3) is 6.00. The molecular weight excluding hydrogens is 382 g/mol. The zero-order valence-electron chi connectivity index (χ0n) is 16.2. The van der Waals surface area contributed by atoms with Gasteiger partial charge in [0.15, 0.2) is 11.6 Å². The summed E-state index contributed by atoms with van der Waals surface area (Å²) < 4.78 is 26.7. The maximum Gasteiger partial charge on any atom is 0.319 e. The highest BCUT2D eigenvalue weighted by Gasteiger charge is 2.23. The SMILES string of the molecule is CNC(=O)C(NC(=O)c1ccc(NC(=O)NC(C)C)cc1)c1ccc(F)c(F)c1. The van der Waals surface area contributed by atoms with Crippen molar-refractivity contribution in [2.75, 3.05) is 12.4 Å². The fourth-order valence-corrected chi connectivity index (χ4v) is 2.49. The predicted octanol–water partition coefficient (Wildman–Crippen LogP) is 2.71. The lowest BCUT2D eigenvalue weighted by Gasteiger charge is -2.18. The van der Waals surface area contributed by atoms with Crippen molar-refractivity contribution in [3.05, 3.63) is 65.2 Å². The molecule has 2 rings (SSSR count). The van der Waals surface area contributed by atoms with Crippen molar-refractivity contribution in [3.63, 3.8) is 0 Å². The molecule has 4 amide bonds. The first-order valence-corrected chi connectivity index (χ1v) is 8.86. The molecule has 29 heavy (non-hydrogen) atoms. The highest BCUT2D eigenvalue weighted by atomic mass is 19.2. The third-order valence-electron chi connectivity index (χ3n) is 3.89. The molecule has 0 aliphatic carbocycles. The topological polar surface area (TPSA) is 99.3 Å². The number of benzene rings is 2. The Morgan fingerprint density at radius 2 is 1.55 bits per heavy atom. The average Bonchev–Trinajstić information content (AvgIpc) is 2.67. The zero-order chi connectivity index (χ0) is 21.6. The molecule has 0 spiro atoms. The molecule has 7 nitrogen and oxygen atoms in total. The fraction of sp³-hybridized carbons (Fsp3) is 0.250. The molecule has 2 aromatic rings. The molecule has 4 N–H and O–H groups in total. The van der Waals surface area contributed by atoms with E-state index in [-0.39, 0.29) is 23.2 Å². The number of carbonyl (C=O) groups is 3. The van der Waals surface area contributed by atoms with Crippen LogP contribution in [0.5, 0.6) is 0 Å². The minimum absolute atomic E-state index is 0.0296. The van der Waals surface area contributed by atoms with E-state index in [1.54, 1.807) is 0 Å². The molecule has 0 radical (unpaired) electrons. The van der Waals surface area contributed by atoms with Crippen LogP contribution < -0.4 is 21.3 Å². The van der Waals surface area contributed by atoms with Crippen LogP contribution in [0.25, 0.3) is 0 Å². The first-order valence-electron chi connectivity index (χ1n) is 8.86. The van der Waals surface area contributed by atoms with Gasteiger partial charge in [-0.1, -0.05) is 6.07 Å². The van der Waals surface area contributed by atoms with Crippen LogP contribution >= 0.6 is 0 Å². The normalized spacial score (nSPS) is 11.5. The van der Waals surface area contributed by atoms with Gasteiger partial charge in [-0.15, -0.1) is 0 Å². The molecular formula is C20H22F2N4O3. The molecule has 1 atom stereocenters. The number of rotatable bonds is 6. The van der Waals surface area contributed by atoms with Crippen LogP contribution in [-0.2, 0) is 4.79 Å². The summed E-state index contributed by atoms with van der Waals surface area (Å²) in [5.41, 5.74) is 0.791. The van der Waals surface area contributed by atoms with Crippen molar-refractivity contribution in [1.82, 2.24) is 16.0 Å². The number of anilines is 1. The molecule has 0 saturated heterocycles. The molecule has 0 fully saturated rings. The second kappa shape index (κ2) is 9.63. The van der Waals surface area contributed by atoms with E-state index in [2.05, 4.69) is 21.3 Å². The molecule has 154 valence electrons. The summed E-state index contributed by atoms with van der Waals surface area (Å²) in [5.74, 6) is -3.37. The van der Waals surface area contributed by atoms with Crippen molar-refractivity contribution in [3.8, 4) is 0 Å². The Bertz CT molecular complexity index is 901. The highest BCUT2D eigenvalue weighted by molar-refractivity contribution is 5.98. The quantitative estimate of drug-likeness (QED) is 0.596. The number of amides is 4. The summed E-state index contributed by atoms with van der Waals surface area (Å²) in [6, 6.07) is 7.33. The number of urea groups is 1. The monoisotopic (exact) mass is 404 g/mol. The van der Waals surface area contributed by atoms with Gasteiger partial charge in [0, 0.05) is 24.3 Å². The molecule has 0 bridgehead atoms. The van der Waals surface area contributed by atoms with Crippen molar-refractivity contribution in [2.45, 2.75) is 25.9 Å². The second-order valence-electron chi connectivity index (χ2n) is 6.52. The smallest absolute Gasteiger partial charge is 0.319 e. The Balaban J connectivity index is 2.13. The molecule has 1 unspecified atom stereocenters. The number of carbonyl (C=O) groups excluding carboxylic acids is 3. The van der Waals surface area contributed by atoms with Crippen LogP contribution in [0, 0.1) is 11.6 Å². The van der Waals surface area contributed by atoms with Crippen molar-refractivity contribution >= 4 is 23.5 Å². The number of halogens is 2. The lowest BCUT2D eigenvalue weighted by molar-refractivity contribution is -0.122. The summed E-state index contributed by atoms with van der Waals surface area (Å²) in [4.78, 5) is 36.4. The van der Waals surface area contributed by atoms with Gasteiger partial charge < -0.3 is 21.3 Å². The Kier molecular flexibility index (Phi) is 7.24. The minimum atomic E-state index is -1.21. The molecule has 0 saturated carbocycles. The van der Waals surface area contributed by atoms with Crippen molar-refractivity contribution in [1.29, 1.82) is 0 Å². The lowest BCUT2D eigenvalue weighted by atomic mass is 10.0. The molecule has 2 aromatic carbocycles. The summed E-state index contributed by atoms with van der Waals surface area (Å²) in [5, 5.41) is 10.2. The van der Waals surface area contributed by atoms with Crippen LogP contribution in [0.4, 0.5) is 19.3 Å². The van der Waals surface area contributed by atoms with Crippen LogP contribution in [-0.4, -0.2) is 30.9 Å². The van der Waals surface area contributed by atoms with Crippen LogP contribution in [0.1, 0.15) is 35.8 Å². The first kappa shape index (κ1) is 21.8. The van der Waals surface area contributed by atoms with Gasteiger partial charge in [-0.25, -0.2) is 13.6 Å². The number of hydrogen-bond donors (Lipinski definition) is 4. The van der Waals surface area contributed by atoms with E-state index >= 15 is 0 Å². The van der Waals surface area contributed by atoms with Gasteiger partial charge in [-0.05, 0) is 55.8 Å². The van der Waals surface area contributed by atoms with E-state index < -0.39 is 29.5 Å². The van der Waals surface area contributed by atoms with Gasteiger partial charge in [0.05, 0.1) is 0 Å². The molecule has 0 heterocycles. The van der Waals surface area contributed by atoms with Gasteiger partial charge in [0.1, 0.15) is 6.04 Å². The Morgan fingerprint density at radius 3 is 2.10 bits per heavy atom. The fourth-order valence-electron chi connectivity index (χ4n) is 2.49. The first-order chi connectivity index (χ1) is 13.7. The standard InChI is InChI=1S/C20H22F2N4O3/c1-11(2)24-20(29)25-14-7-4-12(5-8-14)18(27)26-17(19(28)23-3)13-6-9-15(21)16(22)10-13/h4-11,17H,1-3H3,(H,23,28)(H,26,27)(H2,24,25,29). The van der Waals surface area contributed by atoms with Gasteiger partial charge in [0.25, 0.3) is 5.91 Å². The Morgan fingerprint density at radius 1 is 0.897 bits per heavy atom. The summed E-state index contributed by atoms with van der Waals surface area (Å²) in [6.07, 6.45) is 0. The summed E-state index contributed by atoms with van der Waals surface area (Å²) in [7, 11) is 1.37. The summed E-state index contributed by atoms with van der Waals surface area (Å²) in [6.45, 7) is 3.64. The van der Waals surface area contributed by atoms with Gasteiger partial charge in [-0.3, -0.25) is 9.59 Å². The van der Waals surface area contributed by atoms with E-state index in [4.69, 9.17) is 0 Å². The van der Waals surface area contributed by atoms with E-state index in [9.17, 15) is 23.2 Å². The van der Waals surface area contributed by atoms with Crippen molar-refractivity contribution < 1.29 is 23.2 Å². The largest absolute Gasteiger partial charge is 0.357 e. The predicted molar refractivity (Wildman–Crippen MR) is 104 cm³/mol. The molecule has 0 aliphatic heterocycles. The second-order valence-corrected chi connectivity index (χ2v) is 6.52. The van der Waals surface area contributed by atoms with E-state index in [1.165, 1.54) is 37.4 Å². The molecule has 9 heteroatoms. The maximum atomic E-state index is 13.5. The van der Waals surface area contributed by atoms with Gasteiger partial charge in [0.2, 0.25) is 5.91 Å². The Labute approximate surface area is 166 Å².